The molecule has 0 aliphatic rings. The fourth-order valence-electron chi connectivity index (χ4n) is 3.09. The summed E-state index contributed by atoms with van der Waals surface area (Å²) in [6, 6.07) is 0. The SMILES string of the molecule is CC(=O)OCC(=O)CSC=NC(C(C)(C)C)(P(=O)(O)OC(C)(C)C)P(=O)(OC(C)(C)C)OC(C)(C)C. The fraction of sp³-hybridized carbons (Fsp3) is 0.870. The number of nitrogens with zero attached hydrogens (tertiary/aromatic N) is 1. The Morgan fingerprint density at radius 2 is 1.25 bits per heavy atom. The highest BCUT2D eigenvalue weighted by molar-refractivity contribution is 8.12. The Morgan fingerprint density at radius 1 is 0.833 bits per heavy atom. The van der Waals surface area contributed by atoms with E-state index >= 15 is 0 Å². The van der Waals surface area contributed by atoms with Crippen molar-refractivity contribution in [2.75, 3.05) is 12.4 Å². The summed E-state index contributed by atoms with van der Waals surface area (Å²) in [4.78, 5) is 38.9. The van der Waals surface area contributed by atoms with Gasteiger partial charge in [-0.25, -0.2) is 0 Å². The molecule has 0 bridgehead atoms. The first-order valence-corrected chi connectivity index (χ1v) is 15.7. The average Bonchev–Trinajstić information content (AvgIpc) is 2.52. The Hall–Kier alpha value is -0.540. The molecule has 0 radical (unpaired) electrons. The van der Waals surface area contributed by atoms with Crippen LogP contribution in [0.4, 0.5) is 0 Å². The van der Waals surface area contributed by atoms with Crippen molar-refractivity contribution in [3.63, 3.8) is 0 Å². The van der Waals surface area contributed by atoms with Gasteiger partial charge in [0.25, 0.3) is 5.02 Å². The van der Waals surface area contributed by atoms with Crippen LogP contribution in [0.2, 0.25) is 0 Å². The zero-order valence-electron chi connectivity index (χ0n) is 24.0. The van der Waals surface area contributed by atoms with Crippen molar-refractivity contribution in [1.29, 1.82) is 0 Å². The number of aliphatic imine (C=N–C) groups is 1. The molecular formula is C23H45NO9P2S. The lowest BCUT2D eigenvalue weighted by Crippen LogP contribution is -2.46. The molecule has 0 aromatic rings. The number of Topliss-reactive ketones (excluding diaryl/α,β-unsaturated/α-hetero) is 1. The van der Waals surface area contributed by atoms with E-state index in [9.17, 15) is 23.6 Å². The molecule has 0 aliphatic carbocycles. The van der Waals surface area contributed by atoms with Gasteiger partial charge in [0, 0.05) is 12.3 Å². The third kappa shape index (κ3) is 10.7. The molecule has 0 amide bonds. The van der Waals surface area contributed by atoms with Gasteiger partial charge in [-0.05, 0) is 62.3 Å². The predicted molar refractivity (Wildman–Crippen MR) is 145 cm³/mol. The van der Waals surface area contributed by atoms with Gasteiger partial charge in [0.2, 0.25) is 0 Å². The molecule has 1 N–H and O–H groups in total. The van der Waals surface area contributed by atoms with Crippen molar-refractivity contribution in [3.05, 3.63) is 0 Å². The number of carbonyl (C=O) groups excluding carboxylic acids is 2. The minimum absolute atomic E-state index is 0.141. The van der Waals surface area contributed by atoms with Crippen LogP contribution in [0.25, 0.3) is 0 Å². The average molecular weight is 574 g/mol. The third-order valence-corrected chi connectivity index (χ3v) is 11.7. The highest BCUT2D eigenvalue weighted by Crippen LogP contribution is 2.83. The fourth-order valence-corrected chi connectivity index (χ4v) is 10.1. The van der Waals surface area contributed by atoms with Crippen molar-refractivity contribution in [1.82, 2.24) is 0 Å². The van der Waals surface area contributed by atoms with Gasteiger partial charge in [-0.1, -0.05) is 20.8 Å². The third-order valence-electron chi connectivity index (χ3n) is 3.96. The van der Waals surface area contributed by atoms with Crippen LogP contribution in [0.3, 0.4) is 0 Å². The summed E-state index contributed by atoms with van der Waals surface area (Å²) in [5.74, 6) is -1.13. The summed E-state index contributed by atoms with van der Waals surface area (Å²) < 4.78 is 51.4. The summed E-state index contributed by atoms with van der Waals surface area (Å²) in [6.45, 7) is 20.3. The summed E-state index contributed by atoms with van der Waals surface area (Å²) in [6.07, 6.45) is 0. The summed E-state index contributed by atoms with van der Waals surface area (Å²) in [7, 11) is -9.56. The van der Waals surface area contributed by atoms with E-state index in [0.717, 1.165) is 11.8 Å². The lowest BCUT2D eigenvalue weighted by Gasteiger charge is -2.49. The Kier molecular flexibility index (Phi) is 11.9. The summed E-state index contributed by atoms with van der Waals surface area (Å²) in [5.41, 5.74) is -3.34. The van der Waals surface area contributed by atoms with Crippen LogP contribution in [0, 0.1) is 5.41 Å². The van der Waals surface area contributed by atoms with Crippen LogP contribution in [0.5, 0.6) is 0 Å². The van der Waals surface area contributed by atoms with E-state index in [1.165, 1.54) is 12.5 Å². The zero-order valence-corrected chi connectivity index (χ0v) is 26.6. The van der Waals surface area contributed by atoms with Gasteiger partial charge < -0.3 is 23.2 Å². The number of thioether (sulfide) groups is 1. The molecule has 36 heavy (non-hydrogen) atoms. The monoisotopic (exact) mass is 573 g/mol. The van der Waals surface area contributed by atoms with Crippen molar-refractivity contribution in [2.45, 2.75) is 112 Å². The van der Waals surface area contributed by atoms with E-state index in [-0.39, 0.29) is 5.75 Å². The molecule has 0 aromatic heterocycles. The molecule has 13 heteroatoms. The number of esters is 1. The van der Waals surface area contributed by atoms with E-state index in [2.05, 4.69) is 4.99 Å². The Bertz CT molecular complexity index is 889. The minimum Gasteiger partial charge on any atom is -0.458 e. The number of hydrogen-bond donors (Lipinski definition) is 1. The second-order valence-corrected chi connectivity index (χ2v) is 17.4. The molecule has 2 atom stereocenters. The maximum absolute atomic E-state index is 14.8. The van der Waals surface area contributed by atoms with Crippen molar-refractivity contribution >= 4 is 44.3 Å². The molecule has 0 rings (SSSR count). The number of ether oxygens (including phenoxy) is 1. The normalized spacial score (nSPS) is 17.5. The van der Waals surface area contributed by atoms with E-state index < -0.39 is 60.8 Å². The van der Waals surface area contributed by atoms with Crippen molar-refractivity contribution in [2.24, 2.45) is 10.4 Å². The molecule has 0 fully saturated rings. The van der Waals surface area contributed by atoms with Gasteiger partial charge in [0.15, 0.2) is 12.4 Å². The number of rotatable bonds is 11. The van der Waals surface area contributed by atoms with Gasteiger partial charge in [-0.2, -0.15) is 0 Å². The van der Waals surface area contributed by atoms with E-state index in [0.29, 0.717) is 0 Å². The van der Waals surface area contributed by atoms with Crippen LogP contribution in [-0.4, -0.2) is 56.4 Å². The van der Waals surface area contributed by atoms with Gasteiger partial charge in [-0.3, -0.25) is 23.7 Å². The molecule has 0 saturated heterocycles. The molecule has 0 aromatic carbocycles. The molecule has 0 spiro atoms. The lowest BCUT2D eigenvalue weighted by atomic mass is 9.96. The minimum atomic E-state index is -4.94. The van der Waals surface area contributed by atoms with E-state index in [1.54, 1.807) is 83.1 Å². The molecule has 212 valence electrons. The molecule has 0 aliphatic heterocycles. The quantitative estimate of drug-likeness (QED) is 0.128. The summed E-state index contributed by atoms with van der Waals surface area (Å²) in [5, 5.41) is -2.41. The number of hydrogen-bond acceptors (Lipinski definition) is 10. The van der Waals surface area contributed by atoms with Gasteiger partial charge >= 0.3 is 21.2 Å². The van der Waals surface area contributed by atoms with Gasteiger partial charge in [0.1, 0.15) is 0 Å². The standard InChI is InChI=1S/C23H45NO9P2S/c1-17(25)30-14-18(26)15-36-16-24-23(19(2,3)4,34(27,28)31-20(5,6)7)35(29,32-21(8,9)10)33-22(11,12)13/h16H,14-15H2,1-13H3,(H,27,28). The highest BCUT2D eigenvalue weighted by atomic mass is 32.2. The second-order valence-electron chi connectivity index (χ2n) is 12.4. The smallest absolute Gasteiger partial charge is 0.372 e. The molecule has 0 saturated carbocycles. The number of ketones is 1. The Labute approximate surface area is 220 Å². The van der Waals surface area contributed by atoms with Crippen LogP contribution in [-0.2, 0) is 37.0 Å². The predicted octanol–water partition coefficient (Wildman–Crippen LogP) is 6.40. The molecular weight excluding hydrogens is 528 g/mol. The maximum Gasteiger partial charge on any atom is 0.372 e. The topological polar surface area (TPSA) is 138 Å². The van der Waals surface area contributed by atoms with Gasteiger partial charge in [0.05, 0.1) is 28.1 Å². The van der Waals surface area contributed by atoms with Crippen LogP contribution in [0.1, 0.15) is 90.0 Å². The Balaban J connectivity index is 7.05. The van der Waals surface area contributed by atoms with Crippen LogP contribution in [0.15, 0.2) is 4.99 Å². The van der Waals surface area contributed by atoms with Gasteiger partial charge in [-0.15, -0.1) is 11.8 Å². The second kappa shape index (κ2) is 12.1. The van der Waals surface area contributed by atoms with E-state index in [1.807, 2.05) is 0 Å². The molecule has 0 heterocycles. The van der Waals surface area contributed by atoms with E-state index in [4.69, 9.17) is 18.3 Å². The maximum atomic E-state index is 14.8. The zero-order chi connectivity index (χ0) is 29.0. The summed E-state index contributed by atoms with van der Waals surface area (Å²) >= 11 is 0.890. The highest BCUT2D eigenvalue weighted by Gasteiger charge is 2.72. The first-order valence-electron chi connectivity index (χ1n) is 11.5. The lowest BCUT2D eigenvalue weighted by molar-refractivity contribution is -0.145. The van der Waals surface area contributed by atoms with Crippen molar-refractivity contribution in [3.8, 4) is 0 Å². The van der Waals surface area contributed by atoms with Crippen molar-refractivity contribution < 1.29 is 41.9 Å². The van der Waals surface area contributed by atoms with Crippen LogP contribution < -0.4 is 0 Å². The first-order chi connectivity index (χ1) is 15.7. The van der Waals surface area contributed by atoms with Crippen LogP contribution >= 0.6 is 27.0 Å². The molecule has 2 unspecified atom stereocenters. The first kappa shape index (κ1) is 35.5. The largest absolute Gasteiger partial charge is 0.458 e. The molecule has 10 nitrogen and oxygen atoms in total. The number of carbonyl (C=O) groups is 2. The Morgan fingerprint density at radius 3 is 1.58 bits per heavy atom.